The Morgan fingerprint density at radius 2 is 2.00 bits per heavy atom. The second kappa shape index (κ2) is 6.88. The van der Waals surface area contributed by atoms with Crippen LogP contribution in [0.4, 0.5) is 4.39 Å². The van der Waals surface area contributed by atoms with Gasteiger partial charge in [0.05, 0.1) is 23.5 Å². The van der Waals surface area contributed by atoms with E-state index >= 15 is 0 Å². The van der Waals surface area contributed by atoms with Gasteiger partial charge in [-0.1, -0.05) is 24.3 Å². The number of nitrogens with zero attached hydrogens (tertiary/aromatic N) is 2. The lowest BCUT2D eigenvalue weighted by atomic mass is 10.1. The second-order valence-corrected chi connectivity index (χ2v) is 6.80. The molecule has 0 aliphatic carbocycles. The molecule has 0 saturated carbocycles. The monoisotopic (exact) mass is 353 g/mol. The molecule has 2 heterocycles. The quantitative estimate of drug-likeness (QED) is 0.734. The smallest absolute Gasteiger partial charge is 0.307 e. The third-order valence-electron chi connectivity index (χ3n) is 4.91. The van der Waals surface area contributed by atoms with Crippen molar-refractivity contribution in [2.24, 2.45) is 0 Å². The van der Waals surface area contributed by atoms with Gasteiger partial charge in [-0.25, -0.2) is 9.37 Å². The van der Waals surface area contributed by atoms with Crippen molar-refractivity contribution in [3.05, 3.63) is 65.2 Å². The molecule has 2 aromatic carbocycles. The SMILES string of the molecule is O=C(O)Cc1ccc(CN2CCC[C@H]2c2nc3ccc(F)cc3[nH]2)cc1. The topological polar surface area (TPSA) is 69.2 Å². The molecule has 1 aliphatic heterocycles. The summed E-state index contributed by atoms with van der Waals surface area (Å²) in [5.41, 5.74) is 3.46. The standard InChI is InChI=1S/C20H20FN3O2/c21-15-7-8-16-17(11-15)23-20(22-16)18-2-1-9-24(18)12-14-5-3-13(4-6-14)10-19(25)26/h3-8,11,18H,1-2,9-10,12H2,(H,22,23)(H,25,26)/t18-/m0/s1. The lowest BCUT2D eigenvalue weighted by molar-refractivity contribution is -0.136. The fourth-order valence-electron chi connectivity index (χ4n) is 3.66. The third-order valence-corrected chi connectivity index (χ3v) is 4.91. The van der Waals surface area contributed by atoms with Gasteiger partial charge in [0.1, 0.15) is 11.6 Å². The molecule has 4 rings (SSSR count). The Labute approximate surface area is 150 Å². The highest BCUT2D eigenvalue weighted by molar-refractivity contribution is 5.75. The van der Waals surface area contributed by atoms with E-state index in [-0.39, 0.29) is 18.3 Å². The van der Waals surface area contributed by atoms with Crippen LogP contribution >= 0.6 is 0 Å². The number of rotatable bonds is 5. The molecular weight excluding hydrogens is 333 g/mol. The zero-order valence-electron chi connectivity index (χ0n) is 14.3. The number of aromatic nitrogens is 2. The first-order valence-electron chi connectivity index (χ1n) is 8.77. The molecule has 1 saturated heterocycles. The molecule has 26 heavy (non-hydrogen) atoms. The number of likely N-dealkylation sites (tertiary alicyclic amines) is 1. The van der Waals surface area contributed by atoms with Crippen LogP contribution in [0.2, 0.25) is 0 Å². The first kappa shape index (κ1) is 16.7. The number of nitrogens with one attached hydrogen (secondary N) is 1. The van der Waals surface area contributed by atoms with Crippen molar-refractivity contribution >= 4 is 17.0 Å². The van der Waals surface area contributed by atoms with Crippen molar-refractivity contribution in [1.82, 2.24) is 14.9 Å². The maximum atomic E-state index is 13.4. The average Bonchev–Trinajstić information content (AvgIpc) is 3.22. The molecular formula is C20H20FN3O2. The summed E-state index contributed by atoms with van der Waals surface area (Å²) in [7, 11) is 0. The van der Waals surface area contributed by atoms with E-state index in [0.717, 1.165) is 53.9 Å². The second-order valence-electron chi connectivity index (χ2n) is 6.80. The van der Waals surface area contributed by atoms with Gasteiger partial charge in [0.25, 0.3) is 0 Å². The van der Waals surface area contributed by atoms with Gasteiger partial charge in [0.2, 0.25) is 0 Å². The van der Waals surface area contributed by atoms with Gasteiger partial charge < -0.3 is 10.1 Å². The summed E-state index contributed by atoms with van der Waals surface area (Å²) < 4.78 is 13.4. The van der Waals surface area contributed by atoms with Crippen molar-refractivity contribution in [1.29, 1.82) is 0 Å². The zero-order chi connectivity index (χ0) is 18.1. The van der Waals surface area contributed by atoms with Crippen LogP contribution < -0.4 is 0 Å². The molecule has 2 N–H and O–H groups in total. The minimum atomic E-state index is -0.821. The van der Waals surface area contributed by atoms with Gasteiger partial charge in [-0.3, -0.25) is 9.69 Å². The third kappa shape index (κ3) is 3.46. The molecule has 134 valence electrons. The van der Waals surface area contributed by atoms with E-state index in [2.05, 4.69) is 14.9 Å². The maximum Gasteiger partial charge on any atom is 0.307 e. The van der Waals surface area contributed by atoms with Crippen LogP contribution in [0, 0.1) is 5.82 Å². The summed E-state index contributed by atoms with van der Waals surface area (Å²) in [5.74, 6) is -0.207. The number of carbonyl (C=O) groups is 1. The molecule has 1 atom stereocenters. The van der Waals surface area contributed by atoms with Crippen LogP contribution in [0.1, 0.15) is 35.8 Å². The number of carboxylic acid groups (broad SMARTS) is 1. The average molecular weight is 353 g/mol. The van der Waals surface area contributed by atoms with E-state index in [1.165, 1.54) is 12.1 Å². The fraction of sp³-hybridized carbons (Fsp3) is 0.300. The van der Waals surface area contributed by atoms with Crippen LogP contribution in [0.3, 0.4) is 0 Å². The summed E-state index contributed by atoms with van der Waals surface area (Å²) in [6, 6.07) is 12.5. The van der Waals surface area contributed by atoms with Gasteiger partial charge in [-0.15, -0.1) is 0 Å². The molecule has 5 nitrogen and oxygen atoms in total. The molecule has 1 fully saturated rings. The van der Waals surface area contributed by atoms with Crippen LogP contribution in [-0.4, -0.2) is 32.5 Å². The van der Waals surface area contributed by atoms with Crippen LogP contribution in [0.15, 0.2) is 42.5 Å². The molecule has 3 aromatic rings. The Bertz CT molecular complexity index is 936. The summed E-state index contributed by atoms with van der Waals surface area (Å²) in [4.78, 5) is 21.1. The Hall–Kier alpha value is -2.73. The molecule has 0 spiro atoms. The van der Waals surface area contributed by atoms with Crippen molar-refractivity contribution in [2.45, 2.75) is 31.8 Å². The van der Waals surface area contributed by atoms with E-state index < -0.39 is 5.97 Å². The Morgan fingerprint density at radius 3 is 2.77 bits per heavy atom. The Kier molecular flexibility index (Phi) is 4.42. The molecule has 0 unspecified atom stereocenters. The Morgan fingerprint density at radius 1 is 1.23 bits per heavy atom. The number of benzene rings is 2. The fourth-order valence-corrected chi connectivity index (χ4v) is 3.66. The van der Waals surface area contributed by atoms with Gasteiger partial charge in [0, 0.05) is 6.54 Å². The highest BCUT2D eigenvalue weighted by Crippen LogP contribution is 2.32. The van der Waals surface area contributed by atoms with E-state index in [1.807, 2.05) is 24.3 Å². The van der Waals surface area contributed by atoms with E-state index in [4.69, 9.17) is 5.11 Å². The number of halogens is 1. The summed E-state index contributed by atoms with van der Waals surface area (Å²) >= 11 is 0. The summed E-state index contributed by atoms with van der Waals surface area (Å²) in [6.45, 7) is 1.76. The first-order valence-corrected chi connectivity index (χ1v) is 8.77. The van der Waals surface area contributed by atoms with Gasteiger partial charge in [0.15, 0.2) is 0 Å². The van der Waals surface area contributed by atoms with Gasteiger partial charge in [-0.2, -0.15) is 0 Å². The lowest BCUT2D eigenvalue weighted by Gasteiger charge is -2.23. The van der Waals surface area contributed by atoms with E-state index in [0.29, 0.717) is 0 Å². The predicted octanol–water partition coefficient (Wildman–Crippen LogP) is 3.67. The number of fused-ring (bicyclic) bond motifs is 1. The van der Waals surface area contributed by atoms with Crippen molar-refractivity contribution in [3.8, 4) is 0 Å². The number of aromatic amines is 1. The summed E-state index contributed by atoms with van der Waals surface area (Å²) in [5, 5.41) is 8.86. The molecule has 0 amide bonds. The number of imidazole rings is 1. The van der Waals surface area contributed by atoms with Gasteiger partial charge in [-0.05, 0) is 48.7 Å². The molecule has 1 aliphatic rings. The normalized spacial score (nSPS) is 17.8. The Balaban J connectivity index is 1.51. The van der Waals surface area contributed by atoms with Crippen LogP contribution in [0.25, 0.3) is 11.0 Å². The minimum absolute atomic E-state index is 0.0438. The van der Waals surface area contributed by atoms with E-state index in [9.17, 15) is 9.18 Å². The first-order chi connectivity index (χ1) is 12.6. The minimum Gasteiger partial charge on any atom is -0.481 e. The zero-order valence-corrected chi connectivity index (χ0v) is 14.3. The van der Waals surface area contributed by atoms with E-state index in [1.54, 1.807) is 6.07 Å². The number of hydrogen-bond acceptors (Lipinski definition) is 3. The molecule has 6 heteroatoms. The van der Waals surface area contributed by atoms with Crippen molar-refractivity contribution in [2.75, 3.05) is 6.54 Å². The van der Waals surface area contributed by atoms with Crippen LogP contribution in [0.5, 0.6) is 0 Å². The van der Waals surface area contributed by atoms with Crippen molar-refractivity contribution < 1.29 is 14.3 Å². The highest BCUT2D eigenvalue weighted by atomic mass is 19.1. The number of hydrogen-bond donors (Lipinski definition) is 2. The number of aliphatic carboxylic acids is 1. The molecule has 1 aromatic heterocycles. The van der Waals surface area contributed by atoms with Crippen molar-refractivity contribution in [3.63, 3.8) is 0 Å². The molecule has 0 bridgehead atoms. The highest BCUT2D eigenvalue weighted by Gasteiger charge is 2.28. The number of carboxylic acids is 1. The predicted molar refractivity (Wildman–Crippen MR) is 96.2 cm³/mol. The number of H-pyrrole nitrogens is 1. The lowest BCUT2D eigenvalue weighted by Crippen LogP contribution is -2.23. The van der Waals surface area contributed by atoms with Crippen LogP contribution in [-0.2, 0) is 17.8 Å². The largest absolute Gasteiger partial charge is 0.481 e. The molecule has 0 radical (unpaired) electrons. The maximum absolute atomic E-state index is 13.4. The van der Waals surface area contributed by atoms with Gasteiger partial charge >= 0.3 is 5.97 Å². The summed E-state index contributed by atoms with van der Waals surface area (Å²) in [6.07, 6.45) is 2.15.